The van der Waals surface area contributed by atoms with Crippen LogP contribution in [0.5, 0.6) is 5.75 Å². The molecule has 2 nitrogen and oxygen atoms in total. The molecule has 1 aliphatic rings. The number of phenols is 1. The summed E-state index contributed by atoms with van der Waals surface area (Å²) >= 11 is 0. The molecule has 0 aliphatic carbocycles. The van der Waals surface area contributed by atoms with Gasteiger partial charge in [0.25, 0.3) is 0 Å². The van der Waals surface area contributed by atoms with E-state index in [0.717, 1.165) is 17.1 Å². The fourth-order valence-electron chi connectivity index (χ4n) is 1.29. The Morgan fingerprint density at radius 1 is 1.21 bits per heavy atom. The quantitative estimate of drug-likeness (QED) is 0.672. The van der Waals surface area contributed by atoms with Gasteiger partial charge in [0, 0.05) is 11.6 Å². The molecule has 0 spiro atoms. The monoisotopic (exact) mass is 187 g/mol. The smallest absolute Gasteiger partial charge is 0.354 e. The van der Waals surface area contributed by atoms with E-state index < -0.39 is 0 Å². The number of ketones is 1. The lowest BCUT2D eigenvalue weighted by molar-refractivity contribution is -0.384. The van der Waals surface area contributed by atoms with E-state index in [4.69, 9.17) is 4.42 Å². The van der Waals surface area contributed by atoms with E-state index in [-0.39, 0.29) is 5.75 Å². The fraction of sp³-hybridized carbons (Fsp3) is 0.0833. The molecule has 1 N–H and O–H groups in total. The van der Waals surface area contributed by atoms with E-state index in [1.807, 2.05) is 37.3 Å². The summed E-state index contributed by atoms with van der Waals surface area (Å²) in [6.45, 7) is 1.89. The molecule has 0 atom stereocenters. The van der Waals surface area contributed by atoms with Crippen molar-refractivity contribution in [3.63, 3.8) is 0 Å². The molecule has 1 aromatic rings. The van der Waals surface area contributed by atoms with Crippen molar-refractivity contribution >= 4 is 11.9 Å². The average molecular weight is 187 g/mol. The van der Waals surface area contributed by atoms with Crippen LogP contribution in [0.2, 0.25) is 0 Å². The van der Waals surface area contributed by atoms with Crippen LogP contribution in [0.3, 0.4) is 0 Å². The Bertz CT molecular complexity index is 439. The second kappa shape index (κ2) is 3.50. The van der Waals surface area contributed by atoms with Crippen LogP contribution in [-0.4, -0.2) is 10.9 Å². The van der Waals surface area contributed by atoms with Crippen LogP contribution >= 0.6 is 0 Å². The largest absolute Gasteiger partial charge is 0.507 e. The first-order chi connectivity index (χ1) is 6.75. The Morgan fingerprint density at radius 2 is 2.00 bits per heavy atom. The molecule has 0 saturated carbocycles. The van der Waals surface area contributed by atoms with E-state index in [9.17, 15) is 5.11 Å². The van der Waals surface area contributed by atoms with Gasteiger partial charge in [-0.15, -0.1) is 0 Å². The number of para-hydroxylation sites is 1. The summed E-state index contributed by atoms with van der Waals surface area (Å²) in [6, 6.07) is 7.16. The topological polar surface area (TPSA) is 31.5 Å². The third-order valence-corrected chi connectivity index (χ3v) is 2.00. The number of phenolic OH excluding ortho intramolecular Hbond substituents is 1. The molecular formula is C12H11O2+. The van der Waals surface area contributed by atoms with Gasteiger partial charge in [-0.2, -0.15) is 0 Å². The van der Waals surface area contributed by atoms with E-state index in [2.05, 4.69) is 0 Å². The van der Waals surface area contributed by atoms with Crippen LogP contribution in [0, 0.1) is 0 Å². The number of hydrogen-bond donors (Lipinski definition) is 1. The zero-order chi connectivity index (χ0) is 9.97. The van der Waals surface area contributed by atoms with Crippen LogP contribution in [-0.2, 0) is 4.42 Å². The summed E-state index contributed by atoms with van der Waals surface area (Å²) in [4.78, 5) is 0. The molecular weight excluding hydrogens is 176 g/mol. The minimum Gasteiger partial charge on any atom is -0.507 e. The average Bonchev–Trinajstić information content (AvgIpc) is 2.56. The Labute approximate surface area is 82.5 Å². The van der Waals surface area contributed by atoms with Gasteiger partial charge in [0.2, 0.25) is 0 Å². The third-order valence-electron chi connectivity index (χ3n) is 2.00. The van der Waals surface area contributed by atoms with E-state index in [1.165, 1.54) is 0 Å². The molecule has 0 radical (unpaired) electrons. The summed E-state index contributed by atoms with van der Waals surface area (Å²) in [6.07, 6.45) is 5.58. The van der Waals surface area contributed by atoms with Crippen LogP contribution in [0.1, 0.15) is 12.5 Å². The molecule has 0 saturated heterocycles. The van der Waals surface area contributed by atoms with Crippen molar-refractivity contribution in [2.75, 3.05) is 0 Å². The molecule has 2 rings (SSSR count). The molecule has 0 aromatic heterocycles. The summed E-state index contributed by atoms with van der Waals surface area (Å²) in [5, 5.41) is 9.51. The van der Waals surface area contributed by atoms with E-state index in [0.29, 0.717) is 0 Å². The molecule has 1 aliphatic heterocycles. The maximum atomic E-state index is 9.51. The first-order valence-electron chi connectivity index (χ1n) is 4.45. The zero-order valence-electron chi connectivity index (χ0n) is 7.90. The van der Waals surface area contributed by atoms with E-state index >= 15 is 0 Å². The SMILES string of the molecule is CC1=[O+]/C(=C/c2ccccc2O)C=C1. The van der Waals surface area contributed by atoms with Gasteiger partial charge in [-0.3, -0.25) is 0 Å². The molecule has 0 amide bonds. The van der Waals surface area contributed by atoms with Gasteiger partial charge in [0.15, 0.2) is 0 Å². The molecule has 70 valence electrons. The van der Waals surface area contributed by atoms with Crippen molar-refractivity contribution < 1.29 is 9.53 Å². The number of aromatic hydroxyl groups is 1. The first-order valence-corrected chi connectivity index (χ1v) is 4.45. The second-order valence-electron chi connectivity index (χ2n) is 3.15. The van der Waals surface area contributed by atoms with Crippen LogP contribution in [0.4, 0.5) is 0 Å². The number of carbonyl (C=O) groups excluding carboxylic acids is 1. The lowest BCUT2D eigenvalue weighted by atomic mass is 10.2. The first kappa shape index (κ1) is 8.75. The molecule has 14 heavy (non-hydrogen) atoms. The Morgan fingerprint density at radius 3 is 2.64 bits per heavy atom. The standard InChI is InChI=1S/C12H10O2/c1-9-6-7-11(14-9)8-10-4-2-3-5-12(10)13/h2-8H,1H3/p+1/b11-8+. The third kappa shape index (κ3) is 1.74. The second-order valence-corrected chi connectivity index (χ2v) is 3.15. The van der Waals surface area contributed by atoms with Gasteiger partial charge < -0.3 is 5.11 Å². The van der Waals surface area contributed by atoms with Gasteiger partial charge in [-0.1, -0.05) is 18.2 Å². The number of benzene rings is 1. The zero-order valence-corrected chi connectivity index (χ0v) is 7.90. The highest BCUT2D eigenvalue weighted by atomic mass is 16.4. The number of hydrogen-bond acceptors (Lipinski definition) is 1. The maximum absolute atomic E-state index is 9.51. The molecule has 0 unspecified atom stereocenters. The normalized spacial score (nSPS) is 17.5. The summed E-state index contributed by atoms with van der Waals surface area (Å²) in [5.74, 6) is 1.89. The maximum Gasteiger partial charge on any atom is 0.354 e. The fourth-order valence-corrected chi connectivity index (χ4v) is 1.29. The van der Waals surface area contributed by atoms with Gasteiger partial charge >= 0.3 is 11.5 Å². The predicted molar refractivity (Wildman–Crippen MR) is 55.9 cm³/mol. The van der Waals surface area contributed by atoms with Crippen molar-refractivity contribution in [2.45, 2.75) is 6.92 Å². The summed E-state index contributed by atoms with van der Waals surface area (Å²) in [7, 11) is 0. The van der Waals surface area contributed by atoms with Crippen molar-refractivity contribution in [3.05, 3.63) is 47.7 Å². The molecule has 0 bridgehead atoms. The van der Waals surface area contributed by atoms with E-state index in [1.54, 1.807) is 12.1 Å². The highest BCUT2D eigenvalue weighted by molar-refractivity contribution is 5.90. The van der Waals surface area contributed by atoms with Crippen molar-refractivity contribution in [3.8, 4) is 5.75 Å². The molecule has 0 fully saturated rings. The minimum atomic E-state index is 0.265. The van der Waals surface area contributed by atoms with Gasteiger partial charge in [0.05, 0.1) is 19.1 Å². The number of rotatable bonds is 1. The molecule has 2 heteroatoms. The van der Waals surface area contributed by atoms with Crippen LogP contribution < -0.4 is 0 Å². The highest BCUT2D eigenvalue weighted by Gasteiger charge is 2.14. The predicted octanol–water partition coefficient (Wildman–Crippen LogP) is 2.43. The van der Waals surface area contributed by atoms with Gasteiger partial charge in [-0.05, 0) is 6.07 Å². The van der Waals surface area contributed by atoms with Crippen LogP contribution in [0.25, 0.3) is 6.08 Å². The summed E-state index contributed by atoms with van der Waals surface area (Å²) in [5.41, 5.74) is 0.766. The molecule has 1 aromatic carbocycles. The van der Waals surface area contributed by atoms with Crippen molar-refractivity contribution in [2.24, 2.45) is 0 Å². The van der Waals surface area contributed by atoms with Gasteiger partial charge in [0.1, 0.15) is 5.75 Å². The molecule has 1 heterocycles. The van der Waals surface area contributed by atoms with Crippen molar-refractivity contribution in [1.82, 2.24) is 0 Å². The Kier molecular flexibility index (Phi) is 2.19. The lowest BCUT2D eigenvalue weighted by Crippen LogP contribution is -1.82. The Balaban J connectivity index is 2.36. The minimum absolute atomic E-state index is 0.265. The van der Waals surface area contributed by atoms with Gasteiger partial charge in [-0.25, -0.2) is 4.42 Å². The summed E-state index contributed by atoms with van der Waals surface area (Å²) < 4.78 is 5.38. The highest BCUT2D eigenvalue weighted by Crippen LogP contribution is 2.19. The van der Waals surface area contributed by atoms with Crippen LogP contribution in [0.15, 0.2) is 42.2 Å². The van der Waals surface area contributed by atoms with Crippen molar-refractivity contribution in [1.29, 1.82) is 0 Å². The lowest BCUT2D eigenvalue weighted by Gasteiger charge is -1.94. The Hall–Kier alpha value is -1.83. The number of allylic oxidation sites excluding steroid dienone is 2.